The molecule has 0 aliphatic heterocycles. The third-order valence-corrected chi connectivity index (χ3v) is 4.01. The molecule has 2 heterocycles. The highest BCUT2D eigenvalue weighted by atomic mass is 35.5. The van der Waals surface area contributed by atoms with Gasteiger partial charge in [0.05, 0.1) is 6.21 Å². The van der Waals surface area contributed by atoms with Crippen LogP contribution in [0, 0.1) is 0 Å². The van der Waals surface area contributed by atoms with E-state index in [0.717, 1.165) is 5.56 Å². The van der Waals surface area contributed by atoms with Crippen molar-refractivity contribution in [1.82, 2.24) is 19.8 Å². The molecule has 134 valence electrons. The second-order valence-electron chi connectivity index (χ2n) is 5.63. The Kier molecular flexibility index (Phi) is 4.31. The Morgan fingerprint density at radius 2 is 1.81 bits per heavy atom. The minimum atomic E-state index is -0.0761. The minimum Gasteiger partial charge on any atom is -0.508 e. The minimum absolute atomic E-state index is 0.0212. The third-order valence-electron chi connectivity index (χ3n) is 3.76. The summed E-state index contributed by atoms with van der Waals surface area (Å²) in [5.74, 6) is 0.942. The van der Waals surface area contributed by atoms with Gasteiger partial charge in [-0.3, -0.25) is 5.43 Å². The highest BCUT2D eigenvalue weighted by Crippen LogP contribution is 2.22. The quantitative estimate of drug-likeness (QED) is 0.370. The molecule has 0 aliphatic rings. The summed E-state index contributed by atoms with van der Waals surface area (Å²) in [5.41, 5.74) is 4.66. The van der Waals surface area contributed by atoms with Gasteiger partial charge in [0.25, 0.3) is 0 Å². The summed E-state index contributed by atoms with van der Waals surface area (Å²) in [4.78, 5) is 0. The van der Waals surface area contributed by atoms with Crippen molar-refractivity contribution >= 4 is 29.3 Å². The maximum absolute atomic E-state index is 9.76. The van der Waals surface area contributed by atoms with E-state index in [1.165, 1.54) is 18.3 Å². The number of anilines is 1. The smallest absolute Gasteiger partial charge is 0.185 e. The largest absolute Gasteiger partial charge is 0.508 e. The molecule has 0 fully saturated rings. The van der Waals surface area contributed by atoms with Crippen LogP contribution >= 0.6 is 11.6 Å². The Hall–Kier alpha value is -3.65. The molecule has 9 heteroatoms. The maximum Gasteiger partial charge on any atom is 0.185 e. The monoisotopic (exact) mass is 380 g/mol. The average molecular weight is 381 g/mol. The fourth-order valence-corrected chi connectivity index (χ4v) is 2.56. The van der Waals surface area contributed by atoms with Gasteiger partial charge in [0.15, 0.2) is 17.3 Å². The van der Waals surface area contributed by atoms with Crippen molar-refractivity contribution < 1.29 is 10.2 Å². The van der Waals surface area contributed by atoms with Crippen LogP contribution in [0.15, 0.2) is 59.7 Å². The Balaban J connectivity index is 1.60. The van der Waals surface area contributed by atoms with E-state index in [-0.39, 0.29) is 11.5 Å². The predicted molar refractivity (Wildman–Crippen MR) is 102 cm³/mol. The molecule has 27 heavy (non-hydrogen) atoms. The lowest BCUT2D eigenvalue weighted by Gasteiger charge is -2.03. The first-order valence-electron chi connectivity index (χ1n) is 7.89. The molecule has 0 unspecified atom stereocenters. The SMILES string of the molecule is Oc1ccc(/C=N/Nc2ccc3nnc(-c4ccc(Cl)cc4)n3n2)c(O)c1. The van der Waals surface area contributed by atoms with Crippen molar-refractivity contribution in [2.24, 2.45) is 5.10 Å². The van der Waals surface area contributed by atoms with Gasteiger partial charge in [-0.1, -0.05) is 11.6 Å². The molecule has 2 aromatic heterocycles. The van der Waals surface area contributed by atoms with Crippen molar-refractivity contribution in [3.05, 3.63) is 65.2 Å². The summed E-state index contributed by atoms with van der Waals surface area (Å²) in [7, 11) is 0. The van der Waals surface area contributed by atoms with Crippen LogP contribution in [-0.4, -0.2) is 36.2 Å². The zero-order valence-electron chi connectivity index (χ0n) is 13.8. The van der Waals surface area contributed by atoms with E-state index in [9.17, 15) is 10.2 Å². The first kappa shape index (κ1) is 16.8. The fraction of sp³-hybridized carbons (Fsp3) is 0. The van der Waals surface area contributed by atoms with Gasteiger partial charge in [-0.15, -0.1) is 15.3 Å². The standard InChI is InChI=1S/C18H13ClN6O2/c19-13-4-1-11(2-5-13)18-23-22-17-8-7-16(24-25(17)18)21-20-10-12-3-6-14(26)9-15(12)27/h1-10,26-27H,(H,21,24)/b20-10+. The van der Waals surface area contributed by atoms with E-state index in [2.05, 4.69) is 25.8 Å². The second kappa shape index (κ2) is 6.93. The number of aromatic nitrogens is 4. The summed E-state index contributed by atoms with van der Waals surface area (Å²) in [6.45, 7) is 0. The van der Waals surface area contributed by atoms with E-state index >= 15 is 0 Å². The number of phenols is 2. The molecule has 0 atom stereocenters. The topological polar surface area (TPSA) is 108 Å². The Labute approximate surface area is 158 Å². The van der Waals surface area contributed by atoms with Crippen molar-refractivity contribution in [3.8, 4) is 22.9 Å². The molecule has 0 saturated carbocycles. The van der Waals surface area contributed by atoms with Crippen LogP contribution in [0.4, 0.5) is 5.82 Å². The lowest BCUT2D eigenvalue weighted by atomic mass is 10.2. The summed E-state index contributed by atoms with van der Waals surface area (Å²) >= 11 is 5.93. The second-order valence-corrected chi connectivity index (χ2v) is 6.07. The van der Waals surface area contributed by atoms with Crippen LogP contribution in [0.5, 0.6) is 11.5 Å². The summed E-state index contributed by atoms with van der Waals surface area (Å²) < 4.78 is 1.60. The maximum atomic E-state index is 9.76. The van der Waals surface area contributed by atoms with E-state index in [0.29, 0.717) is 27.9 Å². The molecule has 0 bridgehead atoms. The van der Waals surface area contributed by atoms with Crippen LogP contribution in [0.1, 0.15) is 5.56 Å². The third kappa shape index (κ3) is 3.51. The molecule has 2 aromatic carbocycles. The van der Waals surface area contributed by atoms with Gasteiger partial charge < -0.3 is 10.2 Å². The average Bonchev–Trinajstić information content (AvgIpc) is 3.07. The zero-order chi connectivity index (χ0) is 18.8. The fourth-order valence-electron chi connectivity index (χ4n) is 2.44. The van der Waals surface area contributed by atoms with Gasteiger partial charge in [0.2, 0.25) is 0 Å². The molecule has 3 N–H and O–H groups in total. The first-order chi connectivity index (χ1) is 13.1. The van der Waals surface area contributed by atoms with E-state index in [1.807, 2.05) is 12.1 Å². The number of hydrogen-bond donors (Lipinski definition) is 3. The molecule has 8 nitrogen and oxygen atoms in total. The lowest BCUT2D eigenvalue weighted by Crippen LogP contribution is -2.00. The van der Waals surface area contributed by atoms with Gasteiger partial charge in [-0.25, -0.2) is 0 Å². The lowest BCUT2D eigenvalue weighted by molar-refractivity contribution is 0.450. The van der Waals surface area contributed by atoms with Gasteiger partial charge in [0, 0.05) is 22.2 Å². The number of rotatable bonds is 4. The summed E-state index contributed by atoms with van der Waals surface area (Å²) in [6.07, 6.45) is 1.42. The molecule has 4 aromatic rings. The van der Waals surface area contributed by atoms with E-state index in [1.54, 1.807) is 34.8 Å². The highest BCUT2D eigenvalue weighted by molar-refractivity contribution is 6.30. The van der Waals surface area contributed by atoms with Gasteiger partial charge in [-0.05, 0) is 48.5 Å². The zero-order valence-corrected chi connectivity index (χ0v) is 14.5. The number of benzene rings is 2. The van der Waals surface area contributed by atoms with Crippen molar-refractivity contribution in [2.45, 2.75) is 0 Å². The highest BCUT2D eigenvalue weighted by Gasteiger charge is 2.10. The number of phenolic OH excluding ortho intramolecular Hbond substituents is 2. The first-order valence-corrected chi connectivity index (χ1v) is 8.27. The van der Waals surface area contributed by atoms with E-state index in [4.69, 9.17) is 11.6 Å². The number of nitrogens with zero attached hydrogens (tertiary/aromatic N) is 5. The molecule has 0 amide bonds. The van der Waals surface area contributed by atoms with Crippen LogP contribution < -0.4 is 5.43 Å². The number of fused-ring (bicyclic) bond motifs is 1. The van der Waals surface area contributed by atoms with Crippen molar-refractivity contribution in [1.29, 1.82) is 0 Å². The van der Waals surface area contributed by atoms with Crippen LogP contribution in [0.25, 0.3) is 17.0 Å². The Morgan fingerprint density at radius 3 is 2.59 bits per heavy atom. The summed E-state index contributed by atoms with van der Waals surface area (Å²) in [5, 5.41) is 36.5. The number of nitrogens with one attached hydrogen (secondary N) is 1. The summed E-state index contributed by atoms with van der Waals surface area (Å²) in [6, 6.07) is 14.9. The van der Waals surface area contributed by atoms with Gasteiger partial charge in [-0.2, -0.15) is 9.62 Å². The number of aromatic hydroxyl groups is 2. The predicted octanol–water partition coefficient (Wildman–Crippen LogP) is 3.30. The molecular weight excluding hydrogens is 368 g/mol. The number of hydrogen-bond acceptors (Lipinski definition) is 7. The molecular formula is C18H13ClN6O2. The normalized spacial score (nSPS) is 11.3. The number of halogens is 1. The van der Waals surface area contributed by atoms with Crippen LogP contribution in [-0.2, 0) is 0 Å². The Bertz CT molecular complexity index is 1140. The van der Waals surface area contributed by atoms with Gasteiger partial charge in [0.1, 0.15) is 11.5 Å². The van der Waals surface area contributed by atoms with Crippen molar-refractivity contribution in [2.75, 3.05) is 5.43 Å². The van der Waals surface area contributed by atoms with Crippen molar-refractivity contribution in [3.63, 3.8) is 0 Å². The number of hydrazone groups is 1. The van der Waals surface area contributed by atoms with Crippen LogP contribution in [0.2, 0.25) is 5.02 Å². The van der Waals surface area contributed by atoms with Gasteiger partial charge >= 0.3 is 0 Å². The molecule has 0 radical (unpaired) electrons. The van der Waals surface area contributed by atoms with Crippen LogP contribution in [0.3, 0.4) is 0 Å². The molecule has 0 saturated heterocycles. The van der Waals surface area contributed by atoms with E-state index < -0.39 is 0 Å². The molecule has 4 rings (SSSR count). The molecule has 0 spiro atoms. The Morgan fingerprint density at radius 1 is 1.00 bits per heavy atom. The molecule has 0 aliphatic carbocycles.